The third-order valence-electron chi connectivity index (χ3n) is 7.00. The van der Waals surface area contributed by atoms with Crippen molar-refractivity contribution in [2.24, 2.45) is 5.92 Å². The maximum Gasteiger partial charge on any atom is 0.308 e. The van der Waals surface area contributed by atoms with Crippen LogP contribution in [-0.4, -0.2) is 27.5 Å². The molecule has 3 heterocycles. The fraction of sp³-hybridized carbons (Fsp3) is 0.172. The average molecular weight is 611 g/mol. The first-order valence-electron chi connectivity index (χ1n) is 12.4. The number of hydrogen-bond donors (Lipinski definition) is 1. The molecule has 6 rings (SSSR count). The van der Waals surface area contributed by atoms with Gasteiger partial charge in [0.2, 0.25) is 17.7 Å². The Hall–Kier alpha value is -3.37. The molecule has 2 aliphatic rings. The van der Waals surface area contributed by atoms with Gasteiger partial charge < -0.3 is 5.32 Å². The first-order valence-corrected chi connectivity index (χ1v) is 14.8. The monoisotopic (exact) mass is 609 g/mol. The highest BCUT2D eigenvalue weighted by Gasteiger charge is 2.56. The first-order chi connectivity index (χ1) is 19.2. The number of carbonyl (C=O) groups excluding carboxylic acids is 3. The highest BCUT2D eigenvalue weighted by molar-refractivity contribution is 8.00. The van der Waals surface area contributed by atoms with E-state index in [1.54, 1.807) is 48.5 Å². The van der Waals surface area contributed by atoms with Crippen molar-refractivity contribution in [2.45, 2.75) is 29.7 Å². The topological polar surface area (TPSA) is 88.5 Å². The number of amides is 3. The summed E-state index contributed by atoms with van der Waals surface area (Å²) in [5, 5.41) is 3.61. The lowest BCUT2D eigenvalue weighted by Gasteiger charge is -2.30. The Labute approximate surface area is 247 Å². The summed E-state index contributed by atoms with van der Waals surface area (Å²) in [5.41, 5.74) is 2.83. The molecule has 3 aromatic carbocycles. The van der Waals surface area contributed by atoms with Crippen LogP contribution in [-0.2, 0) is 20.9 Å². The van der Waals surface area contributed by atoms with E-state index in [4.69, 9.17) is 23.2 Å². The third-order valence-corrected chi connectivity index (χ3v) is 10.1. The number of nitrogens with one attached hydrogen (secondary N) is 1. The summed E-state index contributed by atoms with van der Waals surface area (Å²) in [6.45, 7) is 1.69. The zero-order valence-corrected chi connectivity index (χ0v) is 24.1. The minimum Gasteiger partial charge on any atom is -0.325 e. The fourth-order valence-corrected chi connectivity index (χ4v) is 8.14. The maximum atomic E-state index is 13.9. The Morgan fingerprint density at radius 1 is 0.875 bits per heavy atom. The number of hydrogen-bond acceptors (Lipinski definition) is 6. The Balaban J connectivity index is 1.40. The molecule has 40 heavy (non-hydrogen) atoms. The van der Waals surface area contributed by atoms with Gasteiger partial charge in [0.05, 0.1) is 16.6 Å². The number of aryl methyl sites for hydroxylation is 1. The minimum atomic E-state index is -0.762. The van der Waals surface area contributed by atoms with Crippen LogP contribution < -0.4 is 15.1 Å². The first kappa shape index (κ1) is 26.8. The molecule has 1 fully saturated rings. The van der Waals surface area contributed by atoms with Crippen LogP contribution >= 0.6 is 46.3 Å². The molecular weight excluding hydrogens is 589 g/mol. The molecule has 7 nitrogen and oxygen atoms in total. The number of thiazole rings is 1. The van der Waals surface area contributed by atoms with E-state index in [1.807, 2.05) is 31.2 Å². The molecule has 0 aliphatic carbocycles. The van der Waals surface area contributed by atoms with Crippen molar-refractivity contribution in [3.63, 3.8) is 0 Å². The van der Waals surface area contributed by atoms with Crippen molar-refractivity contribution in [1.82, 2.24) is 4.57 Å². The molecule has 1 N–H and O–H groups in total. The van der Waals surface area contributed by atoms with Crippen molar-refractivity contribution < 1.29 is 14.4 Å². The van der Waals surface area contributed by atoms with Crippen LogP contribution in [0.3, 0.4) is 0 Å². The highest BCUT2D eigenvalue weighted by Crippen LogP contribution is 2.53. The predicted octanol–water partition coefficient (Wildman–Crippen LogP) is 5.96. The van der Waals surface area contributed by atoms with Gasteiger partial charge in [-0.25, -0.2) is 4.90 Å². The van der Waals surface area contributed by atoms with Crippen molar-refractivity contribution in [3.8, 4) is 0 Å². The van der Waals surface area contributed by atoms with E-state index < -0.39 is 23.0 Å². The fourth-order valence-electron chi connectivity index (χ4n) is 5.11. The zero-order chi connectivity index (χ0) is 28.1. The van der Waals surface area contributed by atoms with E-state index in [0.29, 0.717) is 31.3 Å². The summed E-state index contributed by atoms with van der Waals surface area (Å²) >= 11 is 14.3. The lowest BCUT2D eigenvalue weighted by Crippen LogP contribution is -2.33. The SMILES string of the molecule is Cc1ccc(N2C(=O)[C@@H]3[C@H](c4ccc(Cl)cc4)c4sc(=O)n(CC(=O)Nc5ccc(Cl)cc5)c4S[C@@H]3C2=O)cc1. The Bertz CT molecular complexity index is 1700. The number of thioether (sulfide) groups is 1. The summed E-state index contributed by atoms with van der Waals surface area (Å²) in [4.78, 5) is 55.4. The Morgan fingerprint density at radius 3 is 2.15 bits per heavy atom. The molecule has 2 aliphatic heterocycles. The molecule has 1 aromatic heterocycles. The van der Waals surface area contributed by atoms with Gasteiger partial charge in [-0.15, -0.1) is 0 Å². The summed E-state index contributed by atoms with van der Waals surface area (Å²) in [6.07, 6.45) is 0. The van der Waals surface area contributed by atoms with Gasteiger partial charge in [0.15, 0.2) is 0 Å². The van der Waals surface area contributed by atoms with Crippen molar-refractivity contribution in [2.75, 3.05) is 10.2 Å². The molecule has 3 atom stereocenters. The number of nitrogens with zero attached hydrogens (tertiary/aromatic N) is 2. The smallest absolute Gasteiger partial charge is 0.308 e. The number of fused-ring (bicyclic) bond motifs is 2. The molecule has 3 amide bonds. The standard InChI is InChI=1S/C29H21Cl2N3O4S2/c1-15-2-12-20(13-3-15)34-26(36)23-22(16-4-6-17(30)7-5-16)25-28(39-24(23)27(34)37)33(29(38)40-25)14-21(35)32-19-10-8-18(31)9-11-19/h2-13,22-24H,14H2,1H3,(H,32,35)/t22-,23+,24-/m0/s1. The van der Waals surface area contributed by atoms with Crippen LogP contribution in [0.2, 0.25) is 10.0 Å². The van der Waals surface area contributed by atoms with Gasteiger partial charge in [0.25, 0.3) is 0 Å². The van der Waals surface area contributed by atoms with Crippen LogP contribution in [0.15, 0.2) is 82.6 Å². The van der Waals surface area contributed by atoms with Crippen LogP contribution in [0, 0.1) is 12.8 Å². The second-order valence-electron chi connectivity index (χ2n) is 9.62. The zero-order valence-electron chi connectivity index (χ0n) is 21.0. The van der Waals surface area contributed by atoms with E-state index in [0.717, 1.165) is 22.5 Å². The molecule has 0 bridgehead atoms. The van der Waals surface area contributed by atoms with Crippen molar-refractivity contribution in [3.05, 3.63) is 109 Å². The second kappa shape index (κ2) is 10.6. The van der Waals surface area contributed by atoms with E-state index in [1.165, 1.54) is 21.2 Å². The minimum absolute atomic E-state index is 0.241. The molecule has 0 saturated carbocycles. The molecule has 0 unspecified atom stereocenters. The molecule has 1 saturated heterocycles. The van der Waals surface area contributed by atoms with Gasteiger partial charge in [-0.05, 0) is 61.0 Å². The van der Waals surface area contributed by atoms with E-state index in [2.05, 4.69) is 5.32 Å². The average Bonchev–Trinajstić information content (AvgIpc) is 3.37. The van der Waals surface area contributed by atoms with Crippen LogP contribution in [0.25, 0.3) is 0 Å². The molecule has 202 valence electrons. The molecule has 0 radical (unpaired) electrons. The lowest BCUT2D eigenvalue weighted by atomic mass is 9.83. The van der Waals surface area contributed by atoms with Crippen molar-refractivity contribution >= 4 is 75.4 Å². The van der Waals surface area contributed by atoms with Gasteiger partial charge in [0, 0.05) is 26.5 Å². The summed E-state index contributed by atoms with van der Waals surface area (Å²) in [5.74, 6) is -2.33. The van der Waals surface area contributed by atoms with Gasteiger partial charge in [0.1, 0.15) is 11.8 Å². The largest absolute Gasteiger partial charge is 0.325 e. The van der Waals surface area contributed by atoms with E-state index >= 15 is 0 Å². The highest BCUT2D eigenvalue weighted by atomic mass is 35.5. The second-order valence-corrected chi connectivity index (χ2v) is 12.6. The number of benzene rings is 3. The third kappa shape index (κ3) is 4.77. The van der Waals surface area contributed by atoms with Gasteiger partial charge >= 0.3 is 4.87 Å². The molecule has 4 aromatic rings. The molecule has 0 spiro atoms. The summed E-state index contributed by atoms with van der Waals surface area (Å²) < 4.78 is 1.39. The number of aromatic nitrogens is 1. The van der Waals surface area contributed by atoms with E-state index in [-0.39, 0.29) is 23.2 Å². The summed E-state index contributed by atoms with van der Waals surface area (Å²) in [7, 11) is 0. The lowest BCUT2D eigenvalue weighted by molar-refractivity contribution is -0.122. The van der Waals surface area contributed by atoms with Crippen molar-refractivity contribution in [1.29, 1.82) is 0 Å². The van der Waals surface area contributed by atoms with Gasteiger partial charge in [-0.2, -0.15) is 0 Å². The number of halogens is 2. The Kier molecular flexibility index (Phi) is 7.08. The Morgan fingerprint density at radius 2 is 1.50 bits per heavy atom. The van der Waals surface area contributed by atoms with Crippen LogP contribution in [0.1, 0.15) is 21.9 Å². The summed E-state index contributed by atoms with van der Waals surface area (Å²) in [6, 6.07) is 21.0. The van der Waals surface area contributed by atoms with Crippen LogP contribution in [0.4, 0.5) is 11.4 Å². The maximum absolute atomic E-state index is 13.9. The van der Waals surface area contributed by atoms with Gasteiger partial charge in [-0.3, -0.25) is 23.7 Å². The number of imide groups is 1. The normalized spacial score (nSPS) is 19.9. The van der Waals surface area contributed by atoms with E-state index in [9.17, 15) is 19.2 Å². The number of rotatable bonds is 5. The number of anilines is 2. The molecular formula is C29H21Cl2N3O4S2. The van der Waals surface area contributed by atoms with Gasteiger partial charge in [-0.1, -0.05) is 76.1 Å². The number of carbonyl (C=O) groups is 3. The quantitative estimate of drug-likeness (QED) is 0.282. The van der Waals surface area contributed by atoms with Crippen LogP contribution in [0.5, 0.6) is 0 Å². The molecule has 11 heteroatoms. The predicted molar refractivity (Wildman–Crippen MR) is 159 cm³/mol.